The molecule has 0 amide bonds. The first-order valence-electron chi connectivity index (χ1n) is 9.03. The number of carbonyl (C=O) groups excluding carboxylic acids is 1. The molecule has 0 spiro atoms. The highest BCUT2D eigenvalue weighted by atomic mass is 16.6. The monoisotopic (exact) mass is 288 g/mol. The number of allylic oxidation sites excluding steroid dienone is 2. The number of ether oxygens (including phenoxy) is 1. The zero-order chi connectivity index (χ0) is 14.6. The maximum absolute atomic E-state index is 12.8. The van der Waals surface area contributed by atoms with Gasteiger partial charge in [0.25, 0.3) is 0 Å². The summed E-state index contributed by atoms with van der Waals surface area (Å²) < 4.78 is 6.35. The lowest BCUT2D eigenvalue weighted by Crippen LogP contribution is -2.47. The number of carbonyl (C=O) groups is 1. The van der Waals surface area contributed by atoms with Gasteiger partial charge in [0.1, 0.15) is 5.60 Å². The lowest BCUT2D eigenvalue weighted by Gasteiger charge is -2.42. The third-order valence-corrected chi connectivity index (χ3v) is 7.16. The van der Waals surface area contributed by atoms with Gasteiger partial charge < -0.3 is 4.74 Å². The van der Waals surface area contributed by atoms with Crippen LogP contribution in [0.3, 0.4) is 0 Å². The smallest absolute Gasteiger partial charge is 0.310 e. The lowest BCUT2D eigenvalue weighted by atomic mass is 9.74. The Morgan fingerprint density at radius 1 is 1.29 bits per heavy atom. The van der Waals surface area contributed by atoms with Gasteiger partial charge in [-0.3, -0.25) is 4.79 Å². The molecule has 0 saturated heterocycles. The Morgan fingerprint density at radius 2 is 2.14 bits per heavy atom. The molecule has 4 bridgehead atoms. The van der Waals surface area contributed by atoms with Crippen molar-refractivity contribution >= 4 is 5.97 Å². The van der Waals surface area contributed by atoms with Crippen molar-refractivity contribution in [3.8, 4) is 0 Å². The first-order valence-corrected chi connectivity index (χ1v) is 9.03. The highest BCUT2D eigenvalue weighted by molar-refractivity contribution is 5.74. The van der Waals surface area contributed by atoms with Crippen molar-refractivity contribution in [2.75, 3.05) is 0 Å². The van der Waals surface area contributed by atoms with Crippen LogP contribution < -0.4 is 0 Å². The molecule has 0 radical (unpaired) electrons. The van der Waals surface area contributed by atoms with Gasteiger partial charge in [0.2, 0.25) is 0 Å². The molecule has 7 atom stereocenters. The second-order valence-corrected chi connectivity index (χ2v) is 8.15. The zero-order valence-electron chi connectivity index (χ0n) is 13.4. The summed E-state index contributed by atoms with van der Waals surface area (Å²) in [6, 6.07) is 0. The van der Waals surface area contributed by atoms with Gasteiger partial charge in [-0.1, -0.05) is 26.0 Å². The molecule has 4 aliphatic carbocycles. The van der Waals surface area contributed by atoms with E-state index in [1.165, 1.54) is 25.7 Å². The molecule has 0 aromatic heterocycles. The summed E-state index contributed by atoms with van der Waals surface area (Å²) in [6.45, 7) is 4.54. The van der Waals surface area contributed by atoms with Crippen LogP contribution in [0.15, 0.2) is 12.2 Å². The minimum atomic E-state index is -0.125. The molecule has 3 fully saturated rings. The van der Waals surface area contributed by atoms with Crippen molar-refractivity contribution in [3.63, 3.8) is 0 Å². The van der Waals surface area contributed by atoms with Gasteiger partial charge in [0.15, 0.2) is 0 Å². The van der Waals surface area contributed by atoms with Crippen molar-refractivity contribution in [2.24, 2.45) is 35.5 Å². The molecule has 3 saturated carbocycles. The topological polar surface area (TPSA) is 26.3 Å². The van der Waals surface area contributed by atoms with Crippen LogP contribution in [0.1, 0.15) is 58.8 Å². The fourth-order valence-corrected chi connectivity index (χ4v) is 5.81. The van der Waals surface area contributed by atoms with Crippen LogP contribution >= 0.6 is 0 Å². The maximum atomic E-state index is 12.8. The second-order valence-electron chi connectivity index (χ2n) is 8.15. The first-order chi connectivity index (χ1) is 10.1. The largest absolute Gasteiger partial charge is 0.458 e. The summed E-state index contributed by atoms with van der Waals surface area (Å²) in [5.41, 5.74) is -0.125. The third kappa shape index (κ3) is 2.01. The molecule has 21 heavy (non-hydrogen) atoms. The van der Waals surface area contributed by atoms with Crippen LogP contribution in [0, 0.1) is 35.5 Å². The van der Waals surface area contributed by atoms with Gasteiger partial charge in [0, 0.05) is 0 Å². The molecular weight excluding hydrogens is 260 g/mol. The van der Waals surface area contributed by atoms with Crippen LogP contribution in [-0.2, 0) is 9.53 Å². The van der Waals surface area contributed by atoms with E-state index in [0.29, 0.717) is 23.7 Å². The fourth-order valence-electron chi connectivity index (χ4n) is 5.81. The molecular formula is C19H28O2. The Balaban J connectivity index is 1.53. The normalized spacial score (nSPS) is 48.0. The van der Waals surface area contributed by atoms with E-state index in [1.54, 1.807) is 0 Å². The maximum Gasteiger partial charge on any atom is 0.310 e. The number of hydrogen-bond donors (Lipinski definition) is 0. The highest BCUT2D eigenvalue weighted by Gasteiger charge is 2.57. The minimum Gasteiger partial charge on any atom is -0.458 e. The summed E-state index contributed by atoms with van der Waals surface area (Å²) in [6.07, 6.45) is 13.0. The molecule has 2 heteroatoms. The summed E-state index contributed by atoms with van der Waals surface area (Å²) in [5.74, 6) is 3.35. The Morgan fingerprint density at radius 3 is 2.67 bits per heavy atom. The minimum absolute atomic E-state index is 0.125. The summed E-state index contributed by atoms with van der Waals surface area (Å²) in [5, 5.41) is 0. The molecule has 0 aromatic rings. The van der Waals surface area contributed by atoms with E-state index < -0.39 is 0 Å². The Kier molecular flexibility index (Phi) is 3.20. The average Bonchev–Trinajstić information content (AvgIpc) is 3.25. The molecule has 0 N–H and O–H groups in total. The van der Waals surface area contributed by atoms with Crippen molar-refractivity contribution < 1.29 is 9.53 Å². The van der Waals surface area contributed by atoms with E-state index in [-0.39, 0.29) is 17.5 Å². The standard InChI is InChI=1S/C19H28O2/c1-3-12(2)19(11-14-5-7-16(19)9-14)21-18(20)17-10-13-4-6-15(17)8-13/h4,6,12-17H,3,5,7-11H2,1-2H3. The molecule has 4 rings (SSSR count). The van der Waals surface area contributed by atoms with Crippen LogP contribution in [-0.4, -0.2) is 11.6 Å². The number of esters is 1. The Bertz CT molecular complexity index is 468. The van der Waals surface area contributed by atoms with E-state index in [4.69, 9.17) is 4.74 Å². The van der Waals surface area contributed by atoms with Crippen molar-refractivity contribution in [3.05, 3.63) is 12.2 Å². The molecule has 0 aromatic carbocycles. The van der Waals surface area contributed by atoms with Gasteiger partial charge >= 0.3 is 5.97 Å². The van der Waals surface area contributed by atoms with E-state index in [9.17, 15) is 4.79 Å². The fraction of sp³-hybridized carbons (Fsp3) is 0.842. The van der Waals surface area contributed by atoms with Crippen LogP contribution in [0.4, 0.5) is 0 Å². The van der Waals surface area contributed by atoms with E-state index >= 15 is 0 Å². The van der Waals surface area contributed by atoms with Gasteiger partial charge in [-0.15, -0.1) is 0 Å². The Labute approximate surface area is 128 Å². The molecule has 0 aliphatic heterocycles. The summed E-state index contributed by atoms with van der Waals surface area (Å²) in [7, 11) is 0. The first kappa shape index (κ1) is 13.8. The highest BCUT2D eigenvalue weighted by Crippen LogP contribution is 2.57. The van der Waals surface area contributed by atoms with Crippen LogP contribution in [0.2, 0.25) is 0 Å². The molecule has 7 unspecified atom stereocenters. The molecule has 4 aliphatic rings. The lowest BCUT2D eigenvalue weighted by molar-refractivity contribution is -0.180. The molecule has 2 nitrogen and oxygen atoms in total. The predicted molar refractivity (Wildman–Crippen MR) is 82.6 cm³/mol. The molecule has 116 valence electrons. The zero-order valence-corrected chi connectivity index (χ0v) is 13.4. The van der Waals surface area contributed by atoms with Crippen molar-refractivity contribution in [2.45, 2.75) is 64.4 Å². The quantitative estimate of drug-likeness (QED) is 0.568. The number of rotatable bonds is 4. The van der Waals surface area contributed by atoms with Crippen molar-refractivity contribution in [1.82, 2.24) is 0 Å². The number of fused-ring (bicyclic) bond motifs is 4. The number of hydrogen-bond acceptors (Lipinski definition) is 2. The summed E-state index contributed by atoms with van der Waals surface area (Å²) in [4.78, 5) is 12.8. The van der Waals surface area contributed by atoms with E-state index in [1.807, 2.05) is 0 Å². The Hall–Kier alpha value is -0.790. The van der Waals surface area contributed by atoms with Gasteiger partial charge in [0.05, 0.1) is 5.92 Å². The van der Waals surface area contributed by atoms with Gasteiger partial charge in [-0.2, -0.15) is 0 Å². The van der Waals surface area contributed by atoms with E-state index in [0.717, 1.165) is 25.2 Å². The SMILES string of the molecule is CCC(C)C1(OC(=O)C2CC3C=CC2C3)CC2CCC1C2. The van der Waals surface area contributed by atoms with Crippen LogP contribution in [0.25, 0.3) is 0 Å². The van der Waals surface area contributed by atoms with Crippen LogP contribution in [0.5, 0.6) is 0 Å². The molecule has 0 heterocycles. The van der Waals surface area contributed by atoms with Crippen molar-refractivity contribution in [1.29, 1.82) is 0 Å². The van der Waals surface area contributed by atoms with E-state index in [2.05, 4.69) is 26.0 Å². The third-order valence-electron chi connectivity index (χ3n) is 7.16. The second kappa shape index (κ2) is 4.86. The predicted octanol–water partition coefficient (Wildman–Crippen LogP) is 4.35. The average molecular weight is 288 g/mol. The summed E-state index contributed by atoms with van der Waals surface area (Å²) >= 11 is 0. The van der Waals surface area contributed by atoms with Gasteiger partial charge in [-0.05, 0) is 74.5 Å². The van der Waals surface area contributed by atoms with Gasteiger partial charge in [-0.25, -0.2) is 0 Å².